The highest BCUT2D eigenvalue weighted by Crippen LogP contribution is 2.34. The standard InChI is InChI=1S/C20H22N4OS/c1-15-13-19(24(22-15)16-7-3-2-4-8-16)21-20(25)14-23-11-5-9-17(23)18-10-6-12-26-18/h2-4,6-8,10,12-13,17H,5,9,11,14H2,1H3,(H,21,25). The third-order valence-electron chi connectivity index (χ3n) is 4.68. The van der Waals surface area contributed by atoms with Crippen molar-refractivity contribution in [1.82, 2.24) is 14.7 Å². The SMILES string of the molecule is Cc1cc(NC(=O)CN2CCCC2c2cccs2)n(-c2ccccc2)n1. The van der Waals surface area contributed by atoms with Crippen molar-refractivity contribution in [3.8, 4) is 5.69 Å². The third kappa shape index (κ3) is 3.57. The molecule has 2 aromatic heterocycles. The van der Waals surface area contributed by atoms with Crippen molar-refractivity contribution >= 4 is 23.1 Å². The Hall–Kier alpha value is -2.44. The summed E-state index contributed by atoms with van der Waals surface area (Å²) in [6, 6.07) is 16.4. The zero-order chi connectivity index (χ0) is 17.9. The summed E-state index contributed by atoms with van der Waals surface area (Å²) >= 11 is 1.77. The van der Waals surface area contributed by atoms with Gasteiger partial charge in [-0.1, -0.05) is 24.3 Å². The summed E-state index contributed by atoms with van der Waals surface area (Å²) in [4.78, 5) is 16.3. The van der Waals surface area contributed by atoms with Crippen LogP contribution in [0, 0.1) is 6.92 Å². The first-order valence-corrected chi connectivity index (χ1v) is 9.78. The van der Waals surface area contributed by atoms with Gasteiger partial charge in [0, 0.05) is 17.0 Å². The first-order valence-electron chi connectivity index (χ1n) is 8.90. The Morgan fingerprint density at radius 3 is 2.88 bits per heavy atom. The van der Waals surface area contributed by atoms with Gasteiger partial charge in [-0.05, 0) is 49.9 Å². The molecule has 1 aromatic carbocycles. The van der Waals surface area contributed by atoms with Crippen LogP contribution in [-0.4, -0.2) is 33.7 Å². The Morgan fingerprint density at radius 2 is 2.12 bits per heavy atom. The number of rotatable bonds is 5. The number of aryl methyl sites for hydroxylation is 1. The predicted octanol–water partition coefficient (Wildman–Crippen LogP) is 4.02. The average Bonchev–Trinajstić information content (AvgIpc) is 3.36. The quantitative estimate of drug-likeness (QED) is 0.742. The summed E-state index contributed by atoms with van der Waals surface area (Å²) in [6.45, 7) is 3.30. The molecule has 1 saturated heterocycles. The van der Waals surface area contributed by atoms with Crippen molar-refractivity contribution in [2.45, 2.75) is 25.8 Å². The minimum atomic E-state index is 0.00513. The second kappa shape index (κ2) is 7.43. The van der Waals surface area contributed by atoms with Gasteiger partial charge >= 0.3 is 0 Å². The molecule has 3 heterocycles. The lowest BCUT2D eigenvalue weighted by atomic mass is 10.2. The molecule has 5 nitrogen and oxygen atoms in total. The minimum Gasteiger partial charge on any atom is -0.309 e. The number of hydrogen-bond donors (Lipinski definition) is 1. The molecular formula is C20H22N4OS. The van der Waals surface area contributed by atoms with E-state index in [1.807, 2.05) is 43.3 Å². The molecule has 1 N–H and O–H groups in total. The number of nitrogens with one attached hydrogen (secondary N) is 1. The summed E-state index contributed by atoms with van der Waals surface area (Å²) in [7, 11) is 0. The van der Waals surface area contributed by atoms with Crippen LogP contribution < -0.4 is 5.32 Å². The Bertz CT molecular complexity index is 873. The molecule has 0 bridgehead atoms. The maximum Gasteiger partial charge on any atom is 0.239 e. The fourth-order valence-electron chi connectivity index (χ4n) is 3.54. The van der Waals surface area contributed by atoms with Crippen molar-refractivity contribution in [3.63, 3.8) is 0 Å². The Labute approximate surface area is 157 Å². The molecule has 1 amide bonds. The number of amides is 1. The minimum absolute atomic E-state index is 0.00513. The number of anilines is 1. The summed E-state index contributed by atoms with van der Waals surface area (Å²) in [5.41, 5.74) is 1.82. The molecule has 1 aliphatic rings. The van der Waals surface area contributed by atoms with Crippen LogP contribution in [0.2, 0.25) is 0 Å². The maximum atomic E-state index is 12.7. The van der Waals surface area contributed by atoms with E-state index in [4.69, 9.17) is 0 Å². The van der Waals surface area contributed by atoms with E-state index in [1.54, 1.807) is 16.0 Å². The van der Waals surface area contributed by atoms with E-state index in [9.17, 15) is 4.79 Å². The van der Waals surface area contributed by atoms with E-state index >= 15 is 0 Å². The van der Waals surface area contributed by atoms with Crippen LogP contribution >= 0.6 is 11.3 Å². The summed E-state index contributed by atoms with van der Waals surface area (Å²) < 4.78 is 1.79. The molecule has 4 rings (SSSR count). The van der Waals surface area contributed by atoms with E-state index in [1.165, 1.54) is 4.88 Å². The van der Waals surface area contributed by atoms with Gasteiger partial charge in [0.15, 0.2) is 0 Å². The van der Waals surface area contributed by atoms with Gasteiger partial charge in [-0.3, -0.25) is 9.69 Å². The van der Waals surface area contributed by atoms with E-state index in [0.717, 1.165) is 30.8 Å². The highest BCUT2D eigenvalue weighted by atomic mass is 32.1. The topological polar surface area (TPSA) is 50.2 Å². The normalized spacial score (nSPS) is 17.5. The zero-order valence-corrected chi connectivity index (χ0v) is 15.6. The van der Waals surface area contributed by atoms with Crippen molar-refractivity contribution in [2.24, 2.45) is 0 Å². The van der Waals surface area contributed by atoms with Gasteiger partial charge in [-0.15, -0.1) is 11.3 Å². The monoisotopic (exact) mass is 366 g/mol. The van der Waals surface area contributed by atoms with Crippen LogP contribution in [0.4, 0.5) is 5.82 Å². The molecule has 1 atom stereocenters. The fraction of sp³-hybridized carbons (Fsp3) is 0.300. The average molecular weight is 366 g/mol. The van der Waals surface area contributed by atoms with Crippen molar-refractivity contribution in [2.75, 3.05) is 18.4 Å². The molecule has 26 heavy (non-hydrogen) atoms. The van der Waals surface area contributed by atoms with Gasteiger partial charge in [0.1, 0.15) is 5.82 Å². The largest absolute Gasteiger partial charge is 0.309 e. The van der Waals surface area contributed by atoms with Crippen LogP contribution in [0.5, 0.6) is 0 Å². The highest BCUT2D eigenvalue weighted by molar-refractivity contribution is 7.10. The van der Waals surface area contributed by atoms with Gasteiger partial charge < -0.3 is 5.32 Å². The number of thiophene rings is 1. The molecule has 0 radical (unpaired) electrons. The molecule has 1 fully saturated rings. The highest BCUT2D eigenvalue weighted by Gasteiger charge is 2.28. The molecule has 3 aromatic rings. The number of carbonyl (C=O) groups excluding carboxylic acids is 1. The van der Waals surface area contributed by atoms with Crippen molar-refractivity contribution < 1.29 is 4.79 Å². The predicted molar refractivity (Wildman–Crippen MR) is 105 cm³/mol. The number of benzene rings is 1. The Morgan fingerprint density at radius 1 is 1.27 bits per heavy atom. The second-order valence-corrected chi connectivity index (χ2v) is 7.59. The number of likely N-dealkylation sites (tertiary alicyclic amines) is 1. The summed E-state index contributed by atoms with van der Waals surface area (Å²) in [5, 5.41) is 9.66. The molecule has 6 heteroatoms. The number of nitrogens with zero attached hydrogens (tertiary/aromatic N) is 3. The first-order chi connectivity index (χ1) is 12.7. The van der Waals surface area contributed by atoms with Crippen LogP contribution in [0.15, 0.2) is 53.9 Å². The summed E-state index contributed by atoms with van der Waals surface area (Å²) in [5.74, 6) is 0.719. The molecule has 0 saturated carbocycles. The van der Waals surface area contributed by atoms with E-state index in [2.05, 4.69) is 32.8 Å². The van der Waals surface area contributed by atoms with Gasteiger partial charge in [-0.25, -0.2) is 4.68 Å². The molecule has 1 aliphatic heterocycles. The number of hydrogen-bond acceptors (Lipinski definition) is 4. The van der Waals surface area contributed by atoms with Crippen LogP contribution in [0.1, 0.15) is 29.5 Å². The molecule has 134 valence electrons. The van der Waals surface area contributed by atoms with E-state index < -0.39 is 0 Å². The van der Waals surface area contributed by atoms with Crippen LogP contribution in [0.25, 0.3) is 5.69 Å². The lowest BCUT2D eigenvalue weighted by molar-refractivity contribution is -0.117. The van der Waals surface area contributed by atoms with E-state index in [0.29, 0.717) is 18.4 Å². The van der Waals surface area contributed by atoms with Gasteiger partial charge in [-0.2, -0.15) is 5.10 Å². The lowest BCUT2D eigenvalue weighted by Gasteiger charge is -2.22. The van der Waals surface area contributed by atoms with Crippen LogP contribution in [-0.2, 0) is 4.79 Å². The first kappa shape index (κ1) is 17.0. The second-order valence-electron chi connectivity index (χ2n) is 6.61. The van der Waals surface area contributed by atoms with Crippen molar-refractivity contribution in [3.05, 3.63) is 64.5 Å². The van der Waals surface area contributed by atoms with Gasteiger partial charge in [0.25, 0.3) is 0 Å². The smallest absolute Gasteiger partial charge is 0.239 e. The molecule has 1 unspecified atom stereocenters. The fourth-order valence-corrected chi connectivity index (χ4v) is 4.44. The number of aromatic nitrogens is 2. The maximum absolute atomic E-state index is 12.7. The summed E-state index contributed by atoms with van der Waals surface area (Å²) in [6.07, 6.45) is 2.26. The van der Waals surface area contributed by atoms with Gasteiger partial charge in [0.2, 0.25) is 5.91 Å². The third-order valence-corrected chi connectivity index (χ3v) is 5.66. The number of carbonyl (C=O) groups is 1. The lowest BCUT2D eigenvalue weighted by Crippen LogP contribution is -2.33. The van der Waals surface area contributed by atoms with Gasteiger partial charge in [0.05, 0.1) is 17.9 Å². The Balaban J connectivity index is 1.47. The Kier molecular flexibility index (Phi) is 4.86. The molecule has 0 aliphatic carbocycles. The van der Waals surface area contributed by atoms with Crippen LogP contribution in [0.3, 0.4) is 0 Å². The van der Waals surface area contributed by atoms with Crippen molar-refractivity contribution in [1.29, 1.82) is 0 Å². The number of para-hydroxylation sites is 1. The molecular weight excluding hydrogens is 344 g/mol. The molecule has 0 spiro atoms. The zero-order valence-electron chi connectivity index (χ0n) is 14.8. The van der Waals surface area contributed by atoms with E-state index in [-0.39, 0.29) is 5.91 Å².